The van der Waals surface area contributed by atoms with Crippen LogP contribution in [0.1, 0.15) is 16.1 Å². The maximum Gasteiger partial charge on any atom is 0.358 e. The number of rotatable bonds is 5. The highest BCUT2D eigenvalue weighted by Gasteiger charge is 2.16. The van der Waals surface area contributed by atoms with E-state index in [0.29, 0.717) is 38.5 Å². The van der Waals surface area contributed by atoms with Crippen LogP contribution in [0.5, 0.6) is 0 Å². The number of nitrogens with zero attached hydrogens (tertiary/aromatic N) is 3. The fraction of sp³-hybridized carbons (Fsp3) is 0.333. The zero-order valence-corrected chi connectivity index (χ0v) is 14.5. The lowest BCUT2D eigenvalue weighted by molar-refractivity contribution is -0.134. The van der Waals surface area contributed by atoms with Crippen LogP contribution >= 0.6 is 0 Å². The van der Waals surface area contributed by atoms with E-state index in [1.165, 1.54) is 13.2 Å². The Hall–Kier alpha value is -3.00. The van der Waals surface area contributed by atoms with Gasteiger partial charge in [0, 0.05) is 18.8 Å². The normalized spacial score (nSPS) is 14.0. The number of benzene rings is 1. The Balaban J connectivity index is 1.57. The first-order chi connectivity index (χ1) is 12.7. The number of hydrogen-bond acceptors (Lipinski definition) is 7. The molecular formula is C18H20N4O4. The molecule has 1 aliphatic heterocycles. The van der Waals surface area contributed by atoms with Gasteiger partial charge in [-0.25, -0.2) is 4.79 Å². The smallest absolute Gasteiger partial charge is 0.358 e. The van der Waals surface area contributed by atoms with Gasteiger partial charge in [0.15, 0.2) is 11.5 Å². The summed E-state index contributed by atoms with van der Waals surface area (Å²) in [5.74, 6) is 0.0893. The summed E-state index contributed by atoms with van der Waals surface area (Å²) in [5.41, 5.74) is 1.90. The summed E-state index contributed by atoms with van der Waals surface area (Å²) in [6, 6.07) is 10.7. The van der Waals surface area contributed by atoms with E-state index >= 15 is 0 Å². The third kappa shape index (κ3) is 4.54. The number of carbonyl (C=O) groups excluding carboxylic acids is 2. The quantitative estimate of drug-likeness (QED) is 0.810. The van der Waals surface area contributed by atoms with Crippen LogP contribution < -0.4 is 5.32 Å². The van der Waals surface area contributed by atoms with Crippen LogP contribution in [0.25, 0.3) is 0 Å². The van der Waals surface area contributed by atoms with Crippen molar-refractivity contribution in [1.82, 2.24) is 15.1 Å². The Bertz CT molecular complexity index is 756. The molecule has 0 atom stereocenters. The van der Waals surface area contributed by atoms with Gasteiger partial charge in [-0.1, -0.05) is 12.1 Å². The van der Waals surface area contributed by atoms with Crippen LogP contribution in [0, 0.1) is 0 Å². The van der Waals surface area contributed by atoms with Crippen molar-refractivity contribution in [2.24, 2.45) is 0 Å². The molecule has 0 bridgehead atoms. The first-order valence-corrected chi connectivity index (χ1v) is 8.29. The molecule has 8 nitrogen and oxygen atoms in total. The van der Waals surface area contributed by atoms with Gasteiger partial charge in [0.1, 0.15) is 0 Å². The van der Waals surface area contributed by atoms with Crippen LogP contribution in [0.4, 0.5) is 11.5 Å². The SMILES string of the molecule is COC(=O)c1ccc(Nc2ccc(CC(=O)N3CCOCC3)cc2)nn1. The molecule has 136 valence electrons. The number of hydrogen-bond donors (Lipinski definition) is 1. The van der Waals surface area contributed by atoms with Crippen LogP contribution in [0.2, 0.25) is 0 Å². The highest BCUT2D eigenvalue weighted by atomic mass is 16.5. The van der Waals surface area contributed by atoms with E-state index in [1.807, 2.05) is 29.2 Å². The standard InChI is InChI=1S/C18H20N4O4/c1-25-18(24)15-6-7-16(21-20-15)19-14-4-2-13(3-5-14)12-17(23)22-8-10-26-11-9-22/h2-7H,8-12H2,1H3,(H,19,21). The fourth-order valence-electron chi connectivity index (χ4n) is 2.57. The molecular weight excluding hydrogens is 336 g/mol. The third-order valence-electron chi connectivity index (χ3n) is 4.00. The van der Waals surface area contributed by atoms with Crippen molar-refractivity contribution in [2.75, 3.05) is 38.7 Å². The Morgan fingerprint density at radius 3 is 2.46 bits per heavy atom. The van der Waals surface area contributed by atoms with Gasteiger partial charge in [0.25, 0.3) is 0 Å². The molecule has 0 saturated carbocycles. The van der Waals surface area contributed by atoms with Crippen molar-refractivity contribution in [3.63, 3.8) is 0 Å². The molecule has 0 aliphatic carbocycles. The second-order valence-corrected chi connectivity index (χ2v) is 5.79. The molecule has 1 N–H and O–H groups in total. The van der Waals surface area contributed by atoms with Crippen molar-refractivity contribution in [3.05, 3.63) is 47.7 Å². The average molecular weight is 356 g/mol. The number of methoxy groups -OCH3 is 1. The van der Waals surface area contributed by atoms with Gasteiger partial charge in [-0.15, -0.1) is 10.2 Å². The van der Waals surface area contributed by atoms with E-state index in [4.69, 9.17) is 4.74 Å². The lowest BCUT2D eigenvalue weighted by Gasteiger charge is -2.26. The number of ether oxygens (including phenoxy) is 2. The molecule has 0 unspecified atom stereocenters. The number of carbonyl (C=O) groups is 2. The number of esters is 1. The molecule has 1 fully saturated rings. The molecule has 1 amide bonds. The number of amides is 1. The number of morpholine rings is 1. The van der Waals surface area contributed by atoms with Crippen molar-refractivity contribution < 1.29 is 19.1 Å². The second kappa shape index (κ2) is 8.39. The van der Waals surface area contributed by atoms with Gasteiger partial charge < -0.3 is 19.7 Å². The van der Waals surface area contributed by atoms with Gasteiger partial charge in [0.2, 0.25) is 5.91 Å². The molecule has 1 aromatic carbocycles. The topological polar surface area (TPSA) is 93.7 Å². The highest BCUT2D eigenvalue weighted by Crippen LogP contribution is 2.16. The fourth-order valence-corrected chi connectivity index (χ4v) is 2.57. The van der Waals surface area contributed by atoms with E-state index in [1.54, 1.807) is 6.07 Å². The predicted molar refractivity (Wildman–Crippen MR) is 94.2 cm³/mol. The lowest BCUT2D eigenvalue weighted by atomic mass is 10.1. The molecule has 1 aliphatic rings. The predicted octanol–water partition coefficient (Wildman–Crippen LogP) is 1.41. The monoisotopic (exact) mass is 356 g/mol. The van der Waals surface area contributed by atoms with E-state index in [9.17, 15) is 9.59 Å². The summed E-state index contributed by atoms with van der Waals surface area (Å²) in [6.45, 7) is 2.51. The van der Waals surface area contributed by atoms with Gasteiger partial charge in [-0.3, -0.25) is 4.79 Å². The number of aromatic nitrogens is 2. The van der Waals surface area contributed by atoms with Crippen molar-refractivity contribution >= 4 is 23.4 Å². The van der Waals surface area contributed by atoms with Gasteiger partial charge in [0.05, 0.1) is 26.7 Å². The van der Waals surface area contributed by atoms with Gasteiger partial charge >= 0.3 is 5.97 Å². The molecule has 3 rings (SSSR count). The zero-order valence-electron chi connectivity index (χ0n) is 14.5. The van der Waals surface area contributed by atoms with E-state index < -0.39 is 5.97 Å². The average Bonchev–Trinajstić information content (AvgIpc) is 2.70. The van der Waals surface area contributed by atoms with Crippen LogP contribution in [0.3, 0.4) is 0 Å². The van der Waals surface area contributed by atoms with Gasteiger partial charge in [-0.05, 0) is 29.8 Å². The third-order valence-corrected chi connectivity index (χ3v) is 4.00. The summed E-state index contributed by atoms with van der Waals surface area (Å²) in [7, 11) is 1.29. The minimum absolute atomic E-state index is 0.110. The highest BCUT2D eigenvalue weighted by molar-refractivity contribution is 5.87. The first-order valence-electron chi connectivity index (χ1n) is 8.29. The van der Waals surface area contributed by atoms with E-state index in [2.05, 4.69) is 20.3 Å². The lowest BCUT2D eigenvalue weighted by Crippen LogP contribution is -2.41. The summed E-state index contributed by atoms with van der Waals surface area (Å²) in [4.78, 5) is 25.4. The molecule has 0 spiro atoms. The maximum atomic E-state index is 12.3. The van der Waals surface area contributed by atoms with Crippen molar-refractivity contribution in [2.45, 2.75) is 6.42 Å². The summed E-state index contributed by atoms with van der Waals surface area (Å²) >= 11 is 0. The zero-order chi connectivity index (χ0) is 18.4. The Labute approximate surface area is 151 Å². The van der Waals surface area contributed by atoms with Crippen LogP contribution in [0.15, 0.2) is 36.4 Å². The van der Waals surface area contributed by atoms with Gasteiger partial charge in [-0.2, -0.15) is 0 Å². The minimum Gasteiger partial charge on any atom is -0.464 e. The molecule has 1 saturated heterocycles. The molecule has 8 heteroatoms. The minimum atomic E-state index is -0.529. The molecule has 2 aromatic rings. The first kappa shape index (κ1) is 17.8. The molecule has 0 radical (unpaired) electrons. The molecule has 2 heterocycles. The Kier molecular flexibility index (Phi) is 5.75. The Morgan fingerprint density at radius 2 is 1.85 bits per heavy atom. The Morgan fingerprint density at radius 1 is 1.12 bits per heavy atom. The van der Waals surface area contributed by atoms with Crippen LogP contribution in [-0.4, -0.2) is 60.4 Å². The summed E-state index contributed by atoms with van der Waals surface area (Å²) < 4.78 is 9.84. The summed E-state index contributed by atoms with van der Waals surface area (Å²) in [6.07, 6.45) is 0.369. The second-order valence-electron chi connectivity index (χ2n) is 5.79. The van der Waals surface area contributed by atoms with Crippen molar-refractivity contribution in [1.29, 1.82) is 0 Å². The number of nitrogens with one attached hydrogen (secondary N) is 1. The molecule has 26 heavy (non-hydrogen) atoms. The maximum absolute atomic E-state index is 12.3. The van der Waals surface area contributed by atoms with E-state index in [-0.39, 0.29) is 11.6 Å². The largest absolute Gasteiger partial charge is 0.464 e. The molecule has 1 aromatic heterocycles. The van der Waals surface area contributed by atoms with Crippen LogP contribution in [-0.2, 0) is 20.7 Å². The summed E-state index contributed by atoms with van der Waals surface area (Å²) in [5, 5.41) is 10.8. The van der Waals surface area contributed by atoms with Crippen molar-refractivity contribution in [3.8, 4) is 0 Å². The number of anilines is 2. The van der Waals surface area contributed by atoms with E-state index in [0.717, 1.165) is 11.3 Å².